The summed E-state index contributed by atoms with van der Waals surface area (Å²) in [6.07, 6.45) is 25.9. The molecule has 2 nitrogen and oxygen atoms in total. The summed E-state index contributed by atoms with van der Waals surface area (Å²) in [5, 5.41) is 0. The topological polar surface area (TPSA) is 26.3 Å². The van der Waals surface area contributed by atoms with Gasteiger partial charge in [-0.15, -0.1) is 0 Å². The first-order valence-electron chi connectivity index (χ1n) is 11.1. The molecule has 0 saturated heterocycles. The van der Waals surface area contributed by atoms with Crippen molar-refractivity contribution < 1.29 is 9.53 Å². The molecular formula is C23H44O2. The monoisotopic (exact) mass is 352 g/mol. The normalized spacial score (nSPS) is 11.3. The van der Waals surface area contributed by atoms with Crippen molar-refractivity contribution >= 4 is 5.97 Å². The molecule has 148 valence electrons. The first-order valence-corrected chi connectivity index (χ1v) is 11.1. The van der Waals surface area contributed by atoms with Gasteiger partial charge in [-0.2, -0.15) is 0 Å². The Hall–Kier alpha value is -0.790. The van der Waals surface area contributed by atoms with Crippen molar-refractivity contribution in [1.29, 1.82) is 0 Å². The number of unbranched alkanes of at least 4 members (excludes halogenated alkanes) is 13. The summed E-state index contributed by atoms with van der Waals surface area (Å²) in [5.74, 6) is -0.0189. The summed E-state index contributed by atoms with van der Waals surface area (Å²) in [7, 11) is 0. The van der Waals surface area contributed by atoms with Gasteiger partial charge in [0, 0.05) is 6.42 Å². The minimum atomic E-state index is -0.0189. The van der Waals surface area contributed by atoms with Gasteiger partial charge in [-0.25, -0.2) is 0 Å². The van der Waals surface area contributed by atoms with E-state index in [1.54, 1.807) is 0 Å². The molecule has 0 aromatic carbocycles. The SMILES string of the molecule is CCCCCCCCC=CCCCCCCCCCC(=O)OCCC. The predicted molar refractivity (Wildman–Crippen MR) is 110 cm³/mol. The van der Waals surface area contributed by atoms with Crippen LogP contribution in [-0.2, 0) is 9.53 Å². The van der Waals surface area contributed by atoms with Crippen LogP contribution < -0.4 is 0 Å². The highest BCUT2D eigenvalue weighted by Gasteiger charge is 2.01. The minimum Gasteiger partial charge on any atom is -0.466 e. The van der Waals surface area contributed by atoms with E-state index in [4.69, 9.17) is 4.74 Å². The van der Waals surface area contributed by atoms with E-state index >= 15 is 0 Å². The molecule has 0 aliphatic heterocycles. The predicted octanol–water partition coefficient (Wildman–Crippen LogP) is 7.76. The number of carbonyl (C=O) groups is 1. The maximum absolute atomic E-state index is 11.3. The molecule has 25 heavy (non-hydrogen) atoms. The van der Waals surface area contributed by atoms with Gasteiger partial charge in [0.15, 0.2) is 0 Å². The molecule has 0 spiro atoms. The molecule has 0 atom stereocenters. The van der Waals surface area contributed by atoms with Crippen LogP contribution in [-0.4, -0.2) is 12.6 Å². The fraction of sp³-hybridized carbons (Fsp3) is 0.870. The maximum Gasteiger partial charge on any atom is 0.305 e. The molecule has 0 fully saturated rings. The van der Waals surface area contributed by atoms with Gasteiger partial charge in [0.1, 0.15) is 0 Å². The van der Waals surface area contributed by atoms with Crippen LogP contribution in [0, 0.1) is 0 Å². The molecule has 0 radical (unpaired) electrons. The second kappa shape index (κ2) is 21.3. The zero-order chi connectivity index (χ0) is 18.4. The van der Waals surface area contributed by atoms with E-state index in [1.165, 1.54) is 89.9 Å². The van der Waals surface area contributed by atoms with Crippen molar-refractivity contribution in [3.63, 3.8) is 0 Å². The molecule has 0 N–H and O–H groups in total. The number of hydrogen-bond acceptors (Lipinski definition) is 2. The largest absolute Gasteiger partial charge is 0.466 e. The zero-order valence-corrected chi connectivity index (χ0v) is 17.2. The lowest BCUT2D eigenvalue weighted by atomic mass is 10.1. The Morgan fingerprint density at radius 2 is 1.12 bits per heavy atom. The Morgan fingerprint density at radius 1 is 0.640 bits per heavy atom. The van der Waals surface area contributed by atoms with Crippen molar-refractivity contribution in [2.75, 3.05) is 6.61 Å². The number of allylic oxidation sites excluding steroid dienone is 2. The van der Waals surface area contributed by atoms with E-state index in [1.807, 2.05) is 6.92 Å². The number of rotatable bonds is 19. The lowest BCUT2D eigenvalue weighted by Gasteiger charge is -2.03. The van der Waals surface area contributed by atoms with E-state index in [0.29, 0.717) is 13.0 Å². The van der Waals surface area contributed by atoms with Gasteiger partial charge in [-0.05, 0) is 38.5 Å². The van der Waals surface area contributed by atoms with Crippen LogP contribution in [0.4, 0.5) is 0 Å². The zero-order valence-electron chi connectivity index (χ0n) is 17.2. The first kappa shape index (κ1) is 24.2. The van der Waals surface area contributed by atoms with Crippen molar-refractivity contribution in [3.8, 4) is 0 Å². The van der Waals surface area contributed by atoms with Crippen molar-refractivity contribution in [2.24, 2.45) is 0 Å². The molecule has 0 amide bonds. The average Bonchev–Trinajstić information content (AvgIpc) is 2.62. The third kappa shape index (κ3) is 21.2. The molecule has 0 unspecified atom stereocenters. The van der Waals surface area contributed by atoms with E-state index < -0.39 is 0 Å². The summed E-state index contributed by atoms with van der Waals surface area (Å²) in [5.41, 5.74) is 0. The van der Waals surface area contributed by atoms with E-state index in [0.717, 1.165) is 12.8 Å². The quantitative estimate of drug-likeness (QED) is 0.135. The van der Waals surface area contributed by atoms with Crippen molar-refractivity contribution in [1.82, 2.24) is 0 Å². The Labute approximate surface area is 157 Å². The van der Waals surface area contributed by atoms with E-state index in [9.17, 15) is 4.79 Å². The van der Waals surface area contributed by atoms with Crippen LogP contribution >= 0.6 is 0 Å². The van der Waals surface area contributed by atoms with Crippen molar-refractivity contribution in [3.05, 3.63) is 12.2 Å². The first-order chi connectivity index (χ1) is 12.3. The summed E-state index contributed by atoms with van der Waals surface area (Å²) in [6, 6.07) is 0. The molecule has 2 heteroatoms. The molecule has 0 aromatic rings. The number of hydrogen-bond donors (Lipinski definition) is 0. The highest BCUT2D eigenvalue weighted by Crippen LogP contribution is 2.11. The third-order valence-electron chi connectivity index (χ3n) is 4.61. The van der Waals surface area contributed by atoms with Crippen LogP contribution in [0.1, 0.15) is 123 Å². The van der Waals surface area contributed by atoms with Gasteiger partial charge in [0.05, 0.1) is 6.61 Å². The fourth-order valence-electron chi connectivity index (χ4n) is 2.98. The summed E-state index contributed by atoms with van der Waals surface area (Å²) in [4.78, 5) is 11.3. The summed E-state index contributed by atoms with van der Waals surface area (Å²) in [6.45, 7) is 4.88. The molecule has 0 saturated carbocycles. The maximum atomic E-state index is 11.3. The van der Waals surface area contributed by atoms with Gasteiger partial charge < -0.3 is 4.74 Å². The lowest BCUT2D eigenvalue weighted by Crippen LogP contribution is -2.04. The van der Waals surface area contributed by atoms with Crippen LogP contribution in [0.3, 0.4) is 0 Å². The molecule has 0 heterocycles. The summed E-state index contributed by atoms with van der Waals surface area (Å²) >= 11 is 0. The highest BCUT2D eigenvalue weighted by atomic mass is 16.5. The molecule has 0 rings (SSSR count). The third-order valence-corrected chi connectivity index (χ3v) is 4.61. The van der Waals surface area contributed by atoms with Crippen LogP contribution in [0.25, 0.3) is 0 Å². The lowest BCUT2D eigenvalue weighted by molar-refractivity contribution is -0.143. The van der Waals surface area contributed by atoms with E-state index in [2.05, 4.69) is 19.1 Å². The second-order valence-electron chi connectivity index (χ2n) is 7.26. The Balaban J connectivity index is 3.13. The van der Waals surface area contributed by atoms with Gasteiger partial charge in [-0.1, -0.05) is 90.2 Å². The van der Waals surface area contributed by atoms with Gasteiger partial charge in [0.25, 0.3) is 0 Å². The second-order valence-corrected chi connectivity index (χ2v) is 7.26. The number of esters is 1. The van der Waals surface area contributed by atoms with Crippen molar-refractivity contribution in [2.45, 2.75) is 123 Å². The fourth-order valence-corrected chi connectivity index (χ4v) is 2.98. The minimum absolute atomic E-state index is 0.0189. The molecule has 0 aliphatic carbocycles. The van der Waals surface area contributed by atoms with Gasteiger partial charge in [0.2, 0.25) is 0 Å². The van der Waals surface area contributed by atoms with Crippen LogP contribution in [0.2, 0.25) is 0 Å². The smallest absolute Gasteiger partial charge is 0.305 e. The molecule has 0 aromatic heterocycles. The Kier molecular flexibility index (Phi) is 20.6. The van der Waals surface area contributed by atoms with Crippen LogP contribution in [0.15, 0.2) is 12.2 Å². The highest BCUT2D eigenvalue weighted by molar-refractivity contribution is 5.69. The van der Waals surface area contributed by atoms with Gasteiger partial charge >= 0.3 is 5.97 Å². The summed E-state index contributed by atoms with van der Waals surface area (Å²) < 4.78 is 5.07. The molecule has 0 aliphatic rings. The average molecular weight is 353 g/mol. The van der Waals surface area contributed by atoms with Gasteiger partial charge in [-0.3, -0.25) is 4.79 Å². The Morgan fingerprint density at radius 3 is 1.64 bits per heavy atom. The Bertz CT molecular complexity index is 296. The standard InChI is InChI=1S/C23H44O2/c1-3-5-6-7-8-9-10-11-12-13-14-15-16-17-18-19-20-21-23(24)25-22-4-2/h11-12H,3-10,13-22H2,1-2H3. The number of ether oxygens (including phenoxy) is 1. The van der Waals surface area contributed by atoms with E-state index in [-0.39, 0.29) is 5.97 Å². The van der Waals surface area contributed by atoms with Crippen LogP contribution in [0.5, 0.6) is 0 Å². The molecular weight excluding hydrogens is 308 g/mol. The number of carbonyl (C=O) groups excluding carboxylic acids is 1. The molecule has 0 bridgehead atoms.